The summed E-state index contributed by atoms with van der Waals surface area (Å²) in [5, 5.41) is 6.03. The van der Waals surface area contributed by atoms with Crippen LogP contribution < -0.4 is 10.1 Å². The molecule has 2 fully saturated rings. The van der Waals surface area contributed by atoms with Crippen LogP contribution in [0, 0.1) is 5.82 Å². The molecule has 0 radical (unpaired) electrons. The molecule has 3 aromatic rings. The lowest BCUT2D eigenvalue weighted by Gasteiger charge is -2.54. The lowest BCUT2D eigenvalue weighted by molar-refractivity contribution is -0.188. The maximum Gasteiger partial charge on any atom is 0.334 e. The normalized spacial score (nSPS) is 19.6. The summed E-state index contributed by atoms with van der Waals surface area (Å²) in [6, 6.07) is 21.1. The van der Waals surface area contributed by atoms with Crippen molar-refractivity contribution in [1.29, 1.82) is 0 Å². The number of halogens is 1. The fraction of sp³-hybridized carbons (Fsp3) is 0.276. The van der Waals surface area contributed by atoms with Gasteiger partial charge in [0, 0.05) is 20.1 Å². The maximum atomic E-state index is 13.8. The molecule has 0 aromatic heterocycles. The lowest BCUT2D eigenvalue weighted by atomic mass is 9.98. The second-order valence-electron chi connectivity index (χ2n) is 9.61. The molecular weight excluding hydrogens is 501 g/mol. The molecule has 0 bridgehead atoms. The lowest BCUT2D eigenvalue weighted by Crippen LogP contribution is -2.73. The van der Waals surface area contributed by atoms with Crippen molar-refractivity contribution in [3.8, 4) is 5.75 Å². The van der Waals surface area contributed by atoms with Gasteiger partial charge in [0.15, 0.2) is 0 Å². The van der Waals surface area contributed by atoms with Crippen molar-refractivity contribution in [1.82, 2.24) is 25.1 Å². The fourth-order valence-electron chi connectivity index (χ4n) is 5.11. The van der Waals surface area contributed by atoms with Gasteiger partial charge in [-0.25, -0.2) is 19.2 Å². The standard InChI is InChI=1S/C29H30FN5O4/c1-32-19-26(36)34-25(35(32)29(38)31-16-20-10-14-24(39-2)15-11-20)18-33(17-21-8-12-23(30)13-9-21)28(37)27(34)22-6-4-3-5-7-22/h3-15,25,27H,16-19H2,1-2H3,(H,31,38)/t25-,27-/m0/s1. The summed E-state index contributed by atoms with van der Waals surface area (Å²) < 4.78 is 18.7. The molecule has 0 aliphatic carbocycles. The Hall–Kier alpha value is -4.44. The number of ether oxygens (including phenoxy) is 1. The zero-order chi connectivity index (χ0) is 27.5. The van der Waals surface area contributed by atoms with E-state index in [1.54, 1.807) is 48.3 Å². The van der Waals surface area contributed by atoms with Crippen molar-refractivity contribution in [3.63, 3.8) is 0 Å². The van der Waals surface area contributed by atoms with Crippen LogP contribution in [0.25, 0.3) is 0 Å². The van der Waals surface area contributed by atoms with Crippen LogP contribution in [0.5, 0.6) is 5.75 Å². The number of carbonyl (C=O) groups is 3. The van der Waals surface area contributed by atoms with Crippen molar-refractivity contribution < 1.29 is 23.5 Å². The number of hydrazine groups is 1. The quantitative estimate of drug-likeness (QED) is 0.528. The fourth-order valence-corrected chi connectivity index (χ4v) is 5.11. The van der Waals surface area contributed by atoms with Crippen LogP contribution in [0.4, 0.5) is 9.18 Å². The highest BCUT2D eigenvalue weighted by Crippen LogP contribution is 2.35. The first-order valence-electron chi connectivity index (χ1n) is 12.7. The molecular formula is C29H30FN5O4. The number of nitrogens with zero attached hydrogens (tertiary/aromatic N) is 4. The minimum atomic E-state index is -0.900. The van der Waals surface area contributed by atoms with Crippen LogP contribution in [-0.2, 0) is 22.7 Å². The van der Waals surface area contributed by atoms with E-state index in [1.165, 1.54) is 22.0 Å². The zero-order valence-electron chi connectivity index (χ0n) is 21.8. The first-order valence-corrected chi connectivity index (χ1v) is 12.7. The Morgan fingerprint density at radius 1 is 0.974 bits per heavy atom. The highest BCUT2D eigenvalue weighted by atomic mass is 19.1. The third kappa shape index (κ3) is 5.42. The van der Waals surface area contributed by atoms with Gasteiger partial charge in [0.2, 0.25) is 5.91 Å². The molecule has 9 nitrogen and oxygen atoms in total. The summed E-state index contributed by atoms with van der Waals surface area (Å²) in [5.74, 6) is -0.144. The number of fused-ring (bicyclic) bond motifs is 1. The molecule has 1 N–H and O–H groups in total. The van der Waals surface area contributed by atoms with Gasteiger partial charge in [0.25, 0.3) is 5.91 Å². The average Bonchev–Trinajstić information content (AvgIpc) is 2.94. The third-order valence-electron chi connectivity index (χ3n) is 7.04. The van der Waals surface area contributed by atoms with Crippen LogP contribution in [-0.4, -0.2) is 71.1 Å². The molecule has 2 aliphatic rings. The molecule has 2 saturated heterocycles. The van der Waals surface area contributed by atoms with E-state index in [1.807, 2.05) is 42.5 Å². The van der Waals surface area contributed by atoms with Gasteiger partial charge in [-0.15, -0.1) is 0 Å². The molecule has 2 heterocycles. The SMILES string of the molecule is COc1ccc(CNC(=O)N2[C@H]3CN(Cc4ccc(F)cc4)C(=O)[C@H](c4ccccc4)N3C(=O)CN2C)cc1. The largest absolute Gasteiger partial charge is 0.497 e. The van der Waals surface area contributed by atoms with Crippen molar-refractivity contribution in [2.24, 2.45) is 0 Å². The Kier molecular flexibility index (Phi) is 7.47. The highest BCUT2D eigenvalue weighted by molar-refractivity contribution is 5.92. The smallest absolute Gasteiger partial charge is 0.334 e. The second-order valence-corrected chi connectivity index (χ2v) is 9.61. The van der Waals surface area contributed by atoms with Gasteiger partial charge in [-0.05, 0) is 41.0 Å². The van der Waals surface area contributed by atoms with E-state index in [2.05, 4.69) is 5.32 Å². The summed E-state index contributed by atoms with van der Waals surface area (Å²) in [6.07, 6.45) is -0.740. The Bertz CT molecular complexity index is 1340. The van der Waals surface area contributed by atoms with Crippen molar-refractivity contribution in [3.05, 3.63) is 101 Å². The van der Waals surface area contributed by atoms with Gasteiger partial charge < -0.3 is 19.9 Å². The summed E-state index contributed by atoms with van der Waals surface area (Å²) in [4.78, 5) is 43.9. The molecule has 202 valence electrons. The highest BCUT2D eigenvalue weighted by Gasteiger charge is 2.51. The van der Waals surface area contributed by atoms with Gasteiger partial charge in [-0.3, -0.25) is 9.59 Å². The van der Waals surface area contributed by atoms with Gasteiger partial charge in [0.1, 0.15) is 23.8 Å². The first-order chi connectivity index (χ1) is 18.9. The molecule has 10 heteroatoms. The molecule has 2 atom stereocenters. The third-order valence-corrected chi connectivity index (χ3v) is 7.04. The van der Waals surface area contributed by atoms with Crippen molar-refractivity contribution in [2.75, 3.05) is 27.2 Å². The molecule has 39 heavy (non-hydrogen) atoms. The van der Waals surface area contributed by atoms with Gasteiger partial charge >= 0.3 is 6.03 Å². The van der Waals surface area contributed by atoms with E-state index in [0.29, 0.717) is 5.56 Å². The molecule has 0 spiro atoms. The predicted octanol–water partition coefficient (Wildman–Crippen LogP) is 3.14. The number of hydrogen-bond donors (Lipinski definition) is 1. The minimum absolute atomic E-state index is 0.0545. The van der Waals surface area contributed by atoms with Crippen molar-refractivity contribution in [2.45, 2.75) is 25.3 Å². The predicted molar refractivity (Wildman–Crippen MR) is 141 cm³/mol. The zero-order valence-corrected chi connectivity index (χ0v) is 21.8. The van der Waals surface area contributed by atoms with E-state index < -0.39 is 18.2 Å². The number of urea groups is 1. The number of methoxy groups -OCH3 is 1. The van der Waals surface area contributed by atoms with Crippen LogP contribution in [0.3, 0.4) is 0 Å². The first kappa shape index (κ1) is 26.2. The Labute approximate surface area is 226 Å². The molecule has 2 aliphatic heterocycles. The van der Waals surface area contributed by atoms with Crippen molar-refractivity contribution >= 4 is 17.8 Å². The van der Waals surface area contributed by atoms with Crippen LogP contribution in [0.15, 0.2) is 78.9 Å². The molecule has 0 unspecified atom stereocenters. The Balaban J connectivity index is 1.44. The van der Waals surface area contributed by atoms with E-state index in [0.717, 1.165) is 16.9 Å². The average molecular weight is 532 g/mol. The minimum Gasteiger partial charge on any atom is -0.497 e. The second kappa shape index (κ2) is 11.1. The number of nitrogens with one attached hydrogen (secondary N) is 1. The topological polar surface area (TPSA) is 85.4 Å². The van der Waals surface area contributed by atoms with Gasteiger partial charge in [0.05, 0.1) is 20.2 Å². The Morgan fingerprint density at radius 3 is 2.31 bits per heavy atom. The van der Waals surface area contributed by atoms with Crippen LogP contribution in [0.2, 0.25) is 0 Å². The summed E-state index contributed by atoms with van der Waals surface area (Å²) in [7, 11) is 3.27. The maximum absolute atomic E-state index is 13.8. The number of likely N-dealkylation sites (N-methyl/N-ethyl adjacent to an activating group) is 1. The summed E-state index contributed by atoms with van der Waals surface area (Å²) in [5.41, 5.74) is 2.29. The molecule has 0 saturated carbocycles. The van der Waals surface area contributed by atoms with E-state index in [4.69, 9.17) is 4.74 Å². The van der Waals surface area contributed by atoms with Gasteiger partial charge in [-0.2, -0.15) is 0 Å². The van der Waals surface area contributed by atoms with E-state index in [-0.39, 0.29) is 43.8 Å². The summed E-state index contributed by atoms with van der Waals surface area (Å²) in [6.45, 7) is 0.535. The molecule has 3 aromatic carbocycles. The number of hydrogen-bond acceptors (Lipinski definition) is 5. The number of amides is 4. The summed E-state index contributed by atoms with van der Waals surface area (Å²) >= 11 is 0. The molecule has 4 amide bonds. The van der Waals surface area contributed by atoms with E-state index in [9.17, 15) is 18.8 Å². The van der Waals surface area contributed by atoms with E-state index >= 15 is 0 Å². The van der Waals surface area contributed by atoms with Crippen LogP contribution >= 0.6 is 0 Å². The Morgan fingerprint density at radius 2 is 1.64 bits per heavy atom. The number of rotatable bonds is 6. The number of benzene rings is 3. The number of piperazine rings is 1. The van der Waals surface area contributed by atoms with Crippen LogP contribution in [0.1, 0.15) is 22.7 Å². The van der Waals surface area contributed by atoms with Gasteiger partial charge in [-0.1, -0.05) is 54.6 Å². The number of carbonyl (C=O) groups excluding carboxylic acids is 3. The monoisotopic (exact) mass is 531 g/mol. The molecule has 5 rings (SSSR count).